The molecule has 1 aliphatic carbocycles. The number of hydrogen-bond donors (Lipinski definition) is 0. The van der Waals surface area contributed by atoms with Gasteiger partial charge in [-0.15, -0.1) is 0 Å². The first-order chi connectivity index (χ1) is 8.73. The lowest BCUT2D eigenvalue weighted by molar-refractivity contribution is 0.0719. The van der Waals surface area contributed by atoms with E-state index in [2.05, 4.69) is 36.2 Å². The Hall–Kier alpha value is -1.02. The first-order valence-corrected chi connectivity index (χ1v) is 7.08. The van der Waals surface area contributed by atoms with Crippen molar-refractivity contribution in [1.82, 2.24) is 4.90 Å². The van der Waals surface area contributed by atoms with Gasteiger partial charge in [0, 0.05) is 6.04 Å². The second kappa shape index (κ2) is 4.58. The molecule has 1 aromatic carbocycles. The first-order valence-electron chi connectivity index (χ1n) is 7.08. The highest BCUT2D eigenvalue weighted by Gasteiger charge is 2.42. The van der Waals surface area contributed by atoms with Crippen molar-refractivity contribution in [3.63, 3.8) is 0 Å². The molecule has 2 aliphatic rings. The van der Waals surface area contributed by atoms with E-state index >= 15 is 0 Å². The Morgan fingerprint density at radius 1 is 1.33 bits per heavy atom. The van der Waals surface area contributed by atoms with Gasteiger partial charge in [-0.2, -0.15) is 0 Å². The van der Waals surface area contributed by atoms with E-state index in [1.165, 1.54) is 44.2 Å². The van der Waals surface area contributed by atoms with Gasteiger partial charge < -0.3 is 9.64 Å². The summed E-state index contributed by atoms with van der Waals surface area (Å²) in [6, 6.07) is 9.54. The van der Waals surface area contributed by atoms with Crippen LogP contribution in [0.3, 0.4) is 0 Å². The number of nitrogens with zero attached hydrogens (tertiary/aromatic N) is 1. The summed E-state index contributed by atoms with van der Waals surface area (Å²) in [6.07, 6.45) is 6.72. The Morgan fingerprint density at radius 2 is 2.22 bits per heavy atom. The molecule has 98 valence electrons. The van der Waals surface area contributed by atoms with Crippen molar-refractivity contribution in [2.45, 2.75) is 43.6 Å². The molecule has 1 saturated heterocycles. The molecule has 0 radical (unpaired) electrons. The topological polar surface area (TPSA) is 12.5 Å². The Balaban J connectivity index is 1.93. The van der Waals surface area contributed by atoms with Gasteiger partial charge in [-0.25, -0.2) is 0 Å². The lowest BCUT2D eigenvalue weighted by Crippen LogP contribution is -2.50. The molecular formula is C16H23NO. The maximum absolute atomic E-state index is 5.39. The van der Waals surface area contributed by atoms with E-state index in [4.69, 9.17) is 4.74 Å². The van der Waals surface area contributed by atoms with Crippen molar-refractivity contribution in [1.29, 1.82) is 0 Å². The first kappa shape index (κ1) is 12.0. The zero-order valence-electron chi connectivity index (χ0n) is 11.5. The predicted octanol–water partition coefficient (Wildman–Crippen LogP) is 3.21. The summed E-state index contributed by atoms with van der Waals surface area (Å²) in [7, 11) is 4.04. The summed E-state index contributed by atoms with van der Waals surface area (Å²) in [4.78, 5) is 2.55. The molecule has 2 fully saturated rings. The maximum atomic E-state index is 5.39. The van der Waals surface area contributed by atoms with Gasteiger partial charge in [0.25, 0.3) is 0 Å². The van der Waals surface area contributed by atoms with Gasteiger partial charge in [0.15, 0.2) is 0 Å². The number of likely N-dealkylation sites (tertiary alicyclic amines) is 1. The minimum atomic E-state index is 0.421. The number of benzene rings is 1. The highest BCUT2D eigenvalue weighted by Crippen LogP contribution is 2.47. The number of fused-ring (bicyclic) bond motifs is 2. The number of ether oxygens (including phenoxy) is 1. The van der Waals surface area contributed by atoms with Crippen LogP contribution in [0.5, 0.6) is 5.75 Å². The molecule has 0 spiro atoms. The van der Waals surface area contributed by atoms with Gasteiger partial charge in [-0.1, -0.05) is 18.6 Å². The van der Waals surface area contributed by atoms with E-state index in [9.17, 15) is 0 Å². The largest absolute Gasteiger partial charge is 0.497 e. The molecule has 18 heavy (non-hydrogen) atoms. The summed E-state index contributed by atoms with van der Waals surface area (Å²) >= 11 is 0. The second-order valence-electron chi connectivity index (χ2n) is 5.99. The highest BCUT2D eigenvalue weighted by atomic mass is 16.5. The molecule has 1 aliphatic heterocycles. The highest BCUT2D eigenvalue weighted by molar-refractivity contribution is 5.35. The summed E-state index contributed by atoms with van der Waals surface area (Å²) in [5, 5.41) is 0. The average molecular weight is 245 g/mol. The zero-order chi connectivity index (χ0) is 12.6. The maximum Gasteiger partial charge on any atom is 0.119 e. The average Bonchev–Trinajstić information content (AvgIpc) is 2.44. The molecule has 2 bridgehead atoms. The van der Waals surface area contributed by atoms with Crippen molar-refractivity contribution in [2.75, 3.05) is 20.7 Å². The molecule has 1 aromatic rings. The van der Waals surface area contributed by atoms with Gasteiger partial charge in [0.05, 0.1) is 7.11 Å². The standard InChI is InChI=1S/C16H23NO/c1-17-10-9-16(8-4-6-14(17)12-16)13-5-3-7-15(11-13)18-2/h3,5,7,11,14H,4,6,8-10,12H2,1-2H3. The Bertz CT molecular complexity index is 431. The predicted molar refractivity (Wildman–Crippen MR) is 74.2 cm³/mol. The quantitative estimate of drug-likeness (QED) is 0.793. The van der Waals surface area contributed by atoms with Crippen LogP contribution < -0.4 is 4.74 Å². The van der Waals surface area contributed by atoms with Gasteiger partial charge in [0.1, 0.15) is 5.75 Å². The fourth-order valence-electron chi connectivity index (χ4n) is 3.87. The Kier molecular flexibility index (Phi) is 3.06. The number of hydrogen-bond acceptors (Lipinski definition) is 2. The van der Waals surface area contributed by atoms with Crippen molar-refractivity contribution in [3.05, 3.63) is 29.8 Å². The van der Waals surface area contributed by atoms with Gasteiger partial charge in [-0.05, 0) is 62.4 Å². The molecule has 2 unspecified atom stereocenters. The SMILES string of the molecule is COc1cccc(C23CCCC(C2)N(C)CC3)c1. The second-order valence-corrected chi connectivity index (χ2v) is 5.99. The lowest BCUT2D eigenvalue weighted by atomic mass is 9.63. The van der Waals surface area contributed by atoms with Crippen LogP contribution >= 0.6 is 0 Å². The van der Waals surface area contributed by atoms with Crippen molar-refractivity contribution < 1.29 is 4.74 Å². The molecule has 0 amide bonds. The van der Waals surface area contributed by atoms with Gasteiger partial charge in [-0.3, -0.25) is 0 Å². The molecule has 2 nitrogen and oxygen atoms in total. The molecule has 2 heteroatoms. The summed E-state index contributed by atoms with van der Waals surface area (Å²) in [5.74, 6) is 1.00. The van der Waals surface area contributed by atoms with E-state index in [0.717, 1.165) is 11.8 Å². The van der Waals surface area contributed by atoms with E-state index < -0.39 is 0 Å². The van der Waals surface area contributed by atoms with Crippen LogP contribution in [-0.2, 0) is 5.41 Å². The molecule has 0 N–H and O–H groups in total. The van der Waals surface area contributed by atoms with E-state index in [1.54, 1.807) is 7.11 Å². The van der Waals surface area contributed by atoms with Crippen LogP contribution in [-0.4, -0.2) is 31.6 Å². The summed E-state index contributed by atoms with van der Waals surface area (Å²) in [5.41, 5.74) is 1.92. The molecule has 3 rings (SSSR count). The van der Waals surface area contributed by atoms with Crippen LogP contribution in [0.15, 0.2) is 24.3 Å². The molecule has 2 atom stereocenters. The fraction of sp³-hybridized carbons (Fsp3) is 0.625. The van der Waals surface area contributed by atoms with Crippen LogP contribution in [0, 0.1) is 0 Å². The van der Waals surface area contributed by atoms with Crippen molar-refractivity contribution in [2.24, 2.45) is 0 Å². The third kappa shape index (κ3) is 1.93. The van der Waals surface area contributed by atoms with Crippen LogP contribution in [0.1, 0.15) is 37.7 Å². The zero-order valence-corrected chi connectivity index (χ0v) is 11.5. The van der Waals surface area contributed by atoms with Gasteiger partial charge >= 0.3 is 0 Å². The van der Waals surface area contributed by atoms with Crippen molar-refractivity contribution >= 4 is 0 Å². The monoisotopic (exact) mass is 245 g/mol. The van der Waals surface area contributed by atoms with Gasteiger partial charge in [0.2, 0.25) is 0 Å². The molecule has 1 heterocycles. The van der Waals surface area contributed by atoms with Crippen LogP contribution in [0.25, 0.3) is 0 Å². The van der Waals surface area contributed by atoms with E-state index in [-0.39, 0.29) is 0 Å². The third-order valence-corrected chi connectivity index (χ3v) is 5.07. The number of methoxy groups -OCH3 is 1. The third-order valence-electron chi connectivity index (χ3n) is 5.07. The van der Waals surface area contributed by atoms with Crippen LogP contribution in [0.4, 0.5) is 0 Å². The molecule has 1 saturated carbocycles. The summed E-state index contributed by atoms with van der Waals surface area (Å²) in [6.45, 7) is 1.24. The number of piperidine rings is 1. The van der Waals surface area contributed by atoms with E-state index in [0.29, 0.717) is 5.41 Å². The molecule has 0 aromatic heterocycles. The van der Waals surface area contributed by atoms with E-state index in [1.807, 2.05) is 0 Å². The lowest BCUT2D eigenvalue weighted by Gasteiger charge is -2.50. The Morgan fingerprint density at radius 3 is 3.06 bits per heavy atom. The number of rotatable bonds is 2. The smallest absolute Gasteiger partial charge is 0.119 e. The van der Waals surface area contributed by atoms with Crippen LogP contribution in [0.2, 0.25) is 0 Å². The minimum Gasteiger partial charge on any atom is -0.497 e. The fourth-order valence-corrected chi connectivity index (χ4v) is 3.87. The summed E-state index contributed by atoms with van der Waals surface area (Å²) < 4.78 is 5.39. The normalized spacial score (nSPS) is 32.2. The molecular weight excluding hydrogens is 222 g/mol. The van der Waals surface area contributed by atoms with Crippen molar-refractivity contribution in [3.8, 4) is 5.75 Å². The Labute approximate surface area is 110 Å². The minimum absolute atomic E-state index is 0.421.